The zero-order chi connectivity index (χ0) is 22.0. The second-order valence-corrected chi connectivity index (χ2v) is 7.60. The molecule has 0 aliphatic heterocycles. The van der Waals surface area contributed by atoms with Gasteiger partial charge < -0.3 is 10.1 Å². The predicted molar refractivity (Wildman–Crippen MR) is 114 cm³/mol. The number of aromatic nitrogens is 2. The Bertz CT molecular complexity index is 1240. The lowest BCUT2D eigenvalue weighted by molar-refractivity contribution is -0.138. The molecule has 9 heteroatoms. The van der Waals surface area contributed by atoms with Crippen LogP contribution < -0.4 is 10.1 Å². The minimum absolute atomic E-state index is 0.0334. The number of nitrogens with one attached hydrogen (secondary N) is 2. The van der Waals surface area contributed by atoms with Crippen LogP contribution in [0.2, 0.25) is 0 Å². The zero-order valence-electron chi connectivity index (χ0n) is 15.8. The Kier molecular flexibility index (Phi) is 5.69. The number of halogens is 4. The first-order valence-corrected chi connectivity index (χ1v) is 9.93. The molecule has 31 heavy (non-hydrogen) atoms. The Morgan fingerprint density at radius 2 is 1.81 bits per heavy atom. The number of benzene rings is 3. The highest BCUT2D eigenvalue weighted by Gasteiger charge is 2.33. The SMILES string of the molecule is O=C(Nc1n[nH]c2ccc(OCc3ccccc3C(F)(F)F)cc12)c1ccc(Br)cc1. The van der Waals surface area contributed by atoms with Gasteiger partial charge in [0, 0.05) is 21.0 Å². The molecule has 0 radical (unpaired) electrons. The van der Waals surface area contributed by atoms with E-state index < -0.39 is 11.7 Å². The van der Waals surface area contributed by atoms with Crippen molar-refractivity contribution >= 4 is 38.6 Å². The van der Waals surface area contributed by atoms with Gasteiger partial charge in [-0.15, -0.1) is 0 Å². The highest BCUT2D eigenvalue weighted by atomic mass is 79.9. The minimum Gasteiger partial charge on any atom is -0.489 e. The van der Waals surface area contributed by atoms with E-state index in [0.29, 0.717) is 28.0 Å². The van der Waals surface area contributed by atoms with Crippen LogP contribution in [-0.2, 0) is 12.8 Å². The molecule has 1 aromatic heterocycles. The number of hydrogen-bond donors (Lipinski definition) is 2. The molecule has 2 N–H and O–H groups in total. The maximum absolute atomic E-state index is 13.2. The summed E-state index contributed by atoms with van der Waals surface area (Å²) in [5.74, 6) is 0.306. The number of hydrogen-bond acceptors (Lipinski definition) is 3. The Balaban J connectivity index is 1.54. The molecule has 158 valence electrons. The number of amides is 1. The number of alkyl halides is 3. The molecule has 0 aliphatic rings. The second-order valence-electron chi connectivity index (χ2n) is 6.68. The quantitative estimate of drug-likeness (QED) is 0.352. The molecule has 0 aliphatic carbocycles. The van der Waals surface area contributed by atoms with Gasteiger partial charge in [-0.25, -0.2) is 0 Å². The van der Waals surface area contributed by atoms with E-state index in [2.05, 4.69) is 31.4 Å². The van der Waals surface area contributed by atoms with Gasteiger partial charge in [-0.2, -0.15) is 18.3 Å². The van der Waals surface area contributed by atoms with Crippen LogP contribution in [0, 0.1) is 0 Å². The van der Waals surface area contributed by atoms with Crippen LogP contribution in [0.1, 0.15) is 21.5 Å². The van der Waals surface area contributed by atoms with E-state index in [9.17, 15) is 18.0 Å². The van der Waals surface area contributed by atoms with Gasteiger partial charge >= 0.3 is 6.18 Å². The Morgan fingerprint density at radius 3 is 2.55 bits per heavy atom. The molecule has 0 unspecified atom stereocenters. The summed E-state index contributed by atoms with van der Waals surface area (Å²) in [6.07, 6.45) is -4.46. The number of carbonyl (C=O) groups excluding carboxylic acids is 1. The lowest BCUT2D eigenvalue weighted by Gasteiger charge is -2.13. The first-order chi connectivity index (χ1) is 14.8. The smallest absolute Gasteiger partial charge is 0.416 e. The molecule has 0 fully saturated rings. The Labute approximate surface area is 183 Å². The Hall–Kier alpha value is -3.33. The minimum atomic E-state index is -4.46. The van der Waals surface area contributed by atoms with Crippen molar-refractivity contribution in [2.75, 3.05) is 5.32 Å². The standard InChI is InChI=1S/C22H15BrF3N3O2/c23-15-7-5-13(6-8-15)21(30)27-20-17-11-16(9-10-19(17)28-29-20)31-12-14-3-1-2-4-18(14)22(24,25)26/h1-11H,12H2,(H2,27,28,29,30). The molecule has 5 nitrogen and oxygen atoms in total. The fourth-order valence-corrected chi connectivity index (χ4v) is 3.31. The summed E-state index contributed by atoms with van der Waals surface area (Å²) in [5, 5.41) is 10.2. The van der Waals surface area contributed by atoms with Crippen molar-refractivity contribution in [2.45, 2.75) is 12.8 Å². The Morgan fingerprint density at radius 1 is 1.06 bits per heavy atom. The molecule has 0 atom stereocenters. The highest BCUT2D eigenvalue weighted by Crippen LogP contribution is 2.33. The number of carbonyl (C=O) groups is 1. The first kappa shape index (κ1) is 20.9. The highest BCUT2D eigenvalue weighted by molar-refractivity contribution is 9.10. The molecule has 1 heterocycles. The van der Waals surface area contributed by atoms with E-state index in [4.69, 9.17) is 4.74 Å². The molecular formula is C22H15BrF3N3O2. The van der Waals surface area contributed by atoms with Gasteiger partial charge in [0.05, 0.1) is 11.1 Å². The zero-order valence-corrected chi connectivity index (χ0v) is 17.4. The topological polar surface area (TPSA) is 67.0 Å². The van der Waals surface area contributed by atoms with Crippen molar-refractivity contribution < 1.29 is 22.7 Å². The molecule has 0 saturated carbocycles. The maximum atomic E-state index is 13.2. The number of aromatic amines is 1. The molecular weight excluding hydrogens is 475 g/mol. The number of H-pyrrole nitrogens is 1. The van der Waals surface area contributed by atoms with Gasteiger partial charge in [-0.3, -0.25) is 9.89 Å². The number of ether oxygens (including phenoxy) is 1. The number of anilines is 1. The van der Waals surface area contributed by atoms with Gasteiger partial charge in [-0.05, 0) is 48.5 Å². The van der Waals surface area contributed by atoms with Crippen LogP contribution in [0.5, 0.6) is 5.75 Å². The summed E-state index contributed by atoms with van der Waals surface area (Å²) in [4.78, 5) is 12.5. The molecule has 0 spiro atoms. The van der Waals surface area contributed by atoms with Crippen molar-refractivity contribution in [3.8, 4) is 5.75 Å². The van der Waals surface area contributed by atoms with Crippen molar-refractivity contribution in [3.05, 3.63) is 87.9 Å². The molecule has 3 aromatic carbocycles. The summed E-state index contributed by atoms with van der Waals surface area (Å²) in [7, 11) is 0. The van der Waals surface area contributed by atoms with E-state index in [1.807, 2.05) is 0 Å². The number of rotatable bonds is 5. The predicted octanol–water partition coefficient (Wildman–Crippen LogP) is 6.18. The van der Waals surface area contributed by atoms with Gasteiger partial charge in [-0.1, -0.05) is 34.1 Å². The van der Waals surface area contributed by atoms with Crippen LogP contribution in [-0.4, -0.2) is 16.1 Å². The van der Waals surface area contributed by atoms with Crippen molar-refractivity contribution in [3.63, 3.8) is 0 Å². The summed E-state index contributed by atoms with van der Waals surface area (Å²) in [6.45, 7) is -0.250. The van der Waals surface area contributed by atoms with Crippen LogP contribution in [0.25, 0.3) is 10.9 Å². The van der Waals surface area contributed by atoms with Gasteiger partial charge in [0.15, 0.2) is 5.82 Å². The summed E-state index contributed by atoms with van der Waals surface area (Å²) in [6, 6.07) is 17.0. The monoisotopic (exact) mass is 489 g/mol. The van der Waals surface area contributed by atoms with Crippen molar-refractivity contribution in [1.82, 2.24) is 10.2 Å². The van der Waals surface area contributed by atoms with Gasteiger partial charge in [0.25, 0.3) is 5.91 Å². The summed E-state index contributed by atoms with van der Waals surface area (Å²) in [5.41, 5.74) is 0.401. The van der Waals surface area contributed by atoms with E-state index in [-0.39, 0.29) is 18.1 Å². The van der Waals surface area contributed by atoms with Crippen LogP contribution in [0.3, 0.4) is 0 Å². The van der Waals surface area contributed by atoms with Crippen molar-refractivity contribution in [1.29, 1.82) is 0 Å². The average molecular weight is 490 g/mol. The lowest BCUT2D eigenvalue weighted by Crippen LogP contribution is -2.12. The third-order valence-corrected chi connectivity index (χ3v) is 5.12. The second kappa shape index (κ2) is 8.43. The van der Waals surface area contributed by atoms with E-state index >= 15 is 0 Å². The third-order valence-electron chi connectivity index (χ3n) is 4.59. The fraction of sp³-hybridized carbons (Fsp3) is 0.0909. The molecule has 4 aromatic rings. The average Bonchev–Trinajstić information content (AvgIpc) is 3.14. The first-order valence-electron chi connectivity index (χ1n) is 9.14. The molecule has 1 amide bonds. The summed E-state index contributed by atoms with van der Waals surface area (Å²) >= 11 is 3.32. The van der Waals surface area contributed by atoms with Gasteiger partial charge in [0.1, 0.15) is 12.4 Å². The largest absolute Gasteiger partial charge is 0.489 e. The van der Waals surface area contributed by atoms with E-state index in [0.717, 1.165) is 10.5 Å². The number of nitrogens with zero attached hydrogens (tertiary/aromatic N) is 1. The van der Waals surface area contributed by atoms with E-state index in [1.165, 1.54) is 18.2 Å². The molecule has 4 rings (SSSR count). The third kappa shape index (κ3) is 4.72. The summed E-state index contributed by atoms with van der Waals surface area (Å²) < 4.78 is 46.0. The lowest BCUT2D eigenvalue weighted by atomic mass is 10.1. The van der Waals surface area contributed by atoms with E-state index in [1.54, 1.807) is 42.5 Å². The van der Waals surface area contributed by atoms with Gasteiger partial charge in [0.2, 0.25) is 0 Å². The fourth-order valence-electron chi connectivity index (χ4n) is 3.04. The molecule has 0 saturated heterocycles. The van der Waals surface area contributed by atoms with Crippen LogP contribution in [0.15, 0.2) is 71.2 Å². The van der Waals surface area contributed by atoms with Crippen molar-refractivity contribution in [2.24, 2.45) is 0 Å². The normalized spacial score (nSPS) is 11.5. The maximum Gasteiger partial charge on any atom is 0.416 e. The van der Waals surface area contributed by atoms with Crippen LogP contribution in [0.4, 0.5) is 19.0 Å². The van der Waals surface area contributed by atoms with Crippen LogP contribution >= 0.6 is 15.9 Å². The molecule has 0 bridgehead atoms. The number of fused-ring (bicyclic) bond motifs is 1.